The van der Waals surface area contributed by atoms with E-state index in [1.54, 1.807) is 0 Å². The molecule has 0 unspecified atom stereocenters. The summed E-state index contributed by atoms with van der Waals surface area (Å²) in [5.74, 6) is -19.9. The Bertz CT molecular complexity index is 3700. The third-order valence-electron chi connectivity index (χ3n) is 15.3. The van der Waals surface area contributed by atoms with Crippen molar-refractivity contribution >= 4 is 82.4 Å². The van der Waals surface area contributed by atoms with Crippen LogP contribution in [0.2, 0.25) is 0 Å². The van der Waals surface area contributed by atoms with Gasteiger partial charge in [0.1, 0.15) is 4.03 Å². The minimum absolute atomic E-state index is 0.00862. The molecule has 548 valence electrons. The monoisotopic (exact) mass is 1770 g/mol. The predicted molar refractivity (Wildman–Crippen MR) is 374 cm³/mol. The third kappa shape index (κ3) is 16.9. The van der Waals surface area contributed by atoms with Crippen LogP contribution in [0.15, 0.2) is 48.5 Å². The van der Waals surface area contributed by atoms with Crippen molar-refractivity contribution in [2.24, 2.45) is 0 Å². The van der Waals surface area contributed by atoms with Crippen LogP contribution in [0.3, 0.4) is 0 Å². The van der Waals surface area contributed by atoms with Gasteiger partial charge in [-0.25, -0.2) is 52.7 Å². The second-order valence-electron chi connectivity index (χ2n) is 20.4. The number of benzene rings is 8. The minimum atomic E-state index is -1.75. The van der Waals surface area contributed by atoms with Gasteiger partial charge in [-0.05, 0) is 141 Å². The van der Waals surface area contributed by atoms with Gasteiger partial charge in [-0.15, -0.1) is 0 Å². The van der Waals surface area contributed by atoms with E-state index in [0.717, 1.165) is 37.5 Å². The van der Waals surface area contributed by atoms with E-state index < -0.39 is 83.0 Å². The number of aliphatic hydroxyl groups excluding tert-OH is 2. The molecule has 8 aromatic carbocycles. The van der Waals surface area contributed by atoms with Gasteiger partial charge in [0.05, 0.1) is 98.5 Å². The quantitative estimate of drug-likeness (QED) is 0.0285. The topological polar surface area (TPSA) is 160 Å². The van der Waals surface area contributed by atoms with Crippen LogP contribution in [0.5, 0.6) is 69.0 Å². The van der Waals surface area contributed by atoms with E-state index in [1.165, 1.54) is 98.2 Å². The molecule has 9 rings (SSSR count). The van der Waals surface area contributed by atoms with Gasteiger partial charge in [0.2, 0.25) is 23.0 Å². The van der Waals surface area contributed by atoms with Gasteiger partial charge in [0.25, 0.3) is 0 Å². The Morgan fingerprint density at radius 3 is 0.594 bits per heavy atom. The number of ether oxygens (including phenoxy) is 13. The molecule has 1 fully saturated rings. The molecule has 1 heterocycles. The summed E-state index contributed by atoms with van der Waals surface area (Å²) in [5.41, 5.74) is -0.640. The maximum absolute atomic E-state index is 14.6. The largest absolute Gasteiger partial charge is 0.492 e. The summed E-state index contributed by atoms with van der Waals surface area (Å²) >= 11 is 16.4. The Morgan fingerprint density at radius 2 is 0.455 bits per heavy atom. The highest BCUT2D eigenvalue weighted by atomic mass is 80.0. The highest BCUT2D eigenvalue weighted by Gasteiger charge is 2.39. The van der Waals surface area contributed by atoms with E-state index in [9.17, 15) is 62.9 Å². The van der Waals surface area contributed by atoms with Gasteiger partial charge in [0.15, 0.2) is 116 Å². The molecule has 2 N–H and O–H groups in total. The van der Waals surface area contributed by atoms with Crippen molar-refractivity contribution in [1.82, 2.24) is 0 Å². The van der Waals surface area contributed by atoms with Gasteiger partial charge in [-0.1, -0.05) is 31.9 Å². The highest BCUT2D eigenvalue weighted by molar-refractivity contribution is 9.93. The van der Waals surface area contributed by atoms with Gasteiger partial charge in [-0.3, -0.25) is 0 Å². The number of methoxy groups -OCH3 is 12. The fraction of sp³-hybridized carbons (Fsp3) is 0.294. The number of hydrogen-bond donors (Lipinski definition) is 2. The van der Waals surface area contributed by atoms with Crippen molar-refractivity contribution in [2.45, 2.75) is 36.7 Å². The Balaban J connectivity index is 0.000000282. The molecular formula is C68H62Br5F12O15P. The van der Waals surface area contributed by atoms with Crippen LogP contribution in [-0.2, 0) is 28.6 Å². The zero-order valence-electron chi connectivity index (χ0n) is 55.3. The number of aliphatic hydroxyl groups is 2. The summed E-state index contributed by atoms with van der Waals surface area (Å²) in [5, 5.41) is 21.6. The van der Waals surface area contributed by atoms with Crippen LogP contribution in [0, 0.1) is 69.8 Å². The molecule has 0 aliphatic carbocycles. The van der Waals surface area contributed by atoms with Gasteiger partial charge in [-0.2, -0.15) is 0 Å². The van der Waals surface area contributed by atoms with E-state index in [2.05, 4.69) is 78.3 Å². The van der Waals surface area contributed by atoms with Crippen molar-refractivity contribution in [3.63, 3.8) is 0 Å². The SMILES string of the molecule is BrP(Br)Br.C1CCOC1.COc1c(OC)c(-c2cc(F)c(F)c(F)c2)c(CBr)c(-c2c(CBr)c(-c3cc(F)c(F)c(F)c3)c(OC)c(OC)c2OC)c1OC.COc1c(OC)c(-c2cc(F)c(F)c(F)c2)c(CO)c(-c2c(CO)c(-c3cc(F)c(F)c(F)c3)c(OC)c(OC)c2OC)c1OC. The van der Waals surface area contributed by atoms with Gasteiger partial charge >= 0.3 is 0 Å². The molecule has 8 aromatic rings. The molecule has 0 bridgehead atoms. The van der Waals surface area contributed by atoms with Gasteiger partial charge in [0, 0.05) is 79.5 Å². The summed E-state index contributed by atoms with van der Waals surface area (Å²) in [7, 11) is 15.1. The standard InChI is InChI=1S/C32H26Br2F6O6.C32H28F6O8.C4H8O.Br3P/c1-41-27-21(13-7-17(35)25(39)18(36)8-13)15(11-33)23(29(43-3)31(27)45-5)24-16(12-34)22(14-9-19(37)26(40)20(38)10-14)28(42-2)32(46-6)30(24)44-4;1-41-27-21(13-7-17(33)25(37)18(34)8-13)15(11-39)23(29(43-3)31(27)45-5)24-16(12-40)22(14-9-19(35)26(38)20(36)10-14)28(42-2)32(46-6)30(24)44-4;1-2-4-5-3-1;1-4(2)3/h7-10H,11-12H2,1-6H3;7-10,39-40H,11-12H2,1-6H3;1-4H2;. The fourth-order valence-electron chi connectivity index (χ4n) is 11.4. The van der Waals surface area contributed by atoms with E-state index >= 15 is 0 Å². The Labute approximate surface area is 614 Å². The van der Waals surface area contributed by atoms with Crippen LogP contribution in [-0.4, -0.2) is 109 Å². The van der Waals surface area contributed by atoms with Crippen LogP contribution in [0.1, 0.15) is 35.1 Å². The lowest BCUT2D eigenvalue weighted by molar-refractivity contribution is 0.198. The van der Waals surface area contributed by atoms with E-state index in [-0.39, 0.29) is 173 Å². The number of alkyl halides is 2. The first-order chi connectivity index (χ1) is 48.2. The Morgan fingerprint density at radius 1 is 0.297 bits per heavy atom. The maximum Gasteiger partial charge on any atom is 0.204 e. The van der Waals surface area contributed by atoms with E-state index in [4.69, 9.17) is 61.6 Å². The first kappa shape index (κ1) is 83.2. The molecule has 0 amide bonds. The molecular weight excluding hydrogens is 1720 g/mol. The molecule has 0 radical (unpaired) electrons. The zero-order chi connectivity index (χ0) is 75.2. The van der Waals surface area contributed by atoms with Crippen molar-refractivity contribution in [2.75, 3.05) is 98.5 Å². The summed E-state index contributed by atoms with van der Waals surface area (Å²) < 4.78 is 246. The van der Waals surface area contributed by atoms with Crippen LogP contribution in [0.4, 0.5) is 52.7 Å². The van der Waals surface area contributed by atoms with E-state index in [1.807, 2.05) is 0 Å². The third-order valence-corrected chi connectivity index (χ3v) is 16.5. The minimum Gasteiger partial charge on any atom is -0.492 e. The molecule has 1 saturated heterocycles. The zero-order valence-corrected chi connectivity index (χ0v) is 64.2. The van der Waals surface area contributed by atoms with E-state index in [0.29, 0.717) is 24.3 Å². The molecule has 0 spiro atoms. The van der Waals surface area contributed by atoms with Gasteiger partial charge < -0.3 is 71.8 Å². The molecule has 1 aliphatic heterocycles. The maximum atomic E-state index is 14.6. The van der Waals surface area contributed by atoms with Crippen molar-refractivity contribution < 1.29 is 124 Å². The van der Waals surface area contributed by atoms with Crippen molar-refractivity contribution in [3.05, 3.63) is 141 Å². The molecule has 15 nitrogen and oxygen atoms in total. The second kappa shape index (κ2) is 37.6. The lowest BCUT2D eigenvalue weighted by atomic mass is 9.84. The summed E-state index contributed by atoms with van der Waals surface area (Å²) in [6.07, 6.45) is 2.56. The summed E-state index contributed by atoms with van der Waals surface area (Å²) in [6, 6.07) is 5.85. The van der Waals surface area contributed by atoms with Crippen molar-refractivity contribution in [3.8, 4) is 136 Å². The number of rotatable bonds is 22. The lowest BCUT2D eigenvalue weighted by Crippen LogP contribution is -2.10. The molecule has 33 heteroatoms. The number of halogens is 17. The Hall–Kier alpha value is -6.77. The molecule has 101 heavy (non-hydrogen) atoms. The lowest BCUT2D eigenvalue weighted by Gasteiger charge is -2.28. The van der Waals surface area contributed by atoms with Crippen LogP contribution >= 0.6 is 82.4 Å². The smallest absolute Gasteiger partial charge is 0.204 e. The van der Waals surface area contributed by atoms with Crippen molar-refractivity contribution in [1.29, 1.82) is 0 Å². The normalized spacial score (nSPS) is 11.6. The fourth-order valence-corrected chi connectivity index (χ4v) is 12.5. The molecule has 1 aliphatic rings. The number of hydrogen-bond acceptors (Lipinski definition) is 15. The molecule has 0 saturated carbocycles. The summed E-state index contributed by atoms with van der Waals surface area (Å²) in [6.45, 7) is 0.193. The first-order valence-electron chi connectivity index (χ1n) is 28.9. The highest BCUT2D eigenvalue weighted by Crippen LogP contribution is 2.63. The van der Waals surface area contributed by atoms with Crippen LogP contribution in [0.25, 0.3) is 66.8 Å². The first-order valence-corrected chi connectivity index (χ1v) is 38.5. The molecule has 0 aromatic heterocycles. The second-order valence-corrected chi connectivity index (χ2v) is 36.9. The Kier molecular flexibility index (Phi) is 31.0. The molecule has 0 atom stereocenters. The average Bonchev–Trinajstić information content (AvgIpc) is 1.46. The van der Waals surface area contributed by atoms with Crippen LogP contribution < -0.4 is 56.8 Å². The average molecular weight is 1780 g/mol. The predicted octanol–water partition coefficient (Wildman–Crippen LogP) is 20.1. The summed E-state index contributed by atoms with van der Waals surface area (Å²) in [4.78, 5) is 0.